The zero-order valence-corrected chi connectivity index (χ0v) is 16.0. The van der Waals surface area contributed by atoms with Crippen LogP contribution < -0.4 is 4.90 Å². The van der Waals surface area contributed by atoms with Gasteiger partial charge >= 0.3 is 0 Å². The third-order valence-corrected chi connectivity index (χ3v) is 6.14. The number of aliphatic hydroxyl groups is 1. The molecule has 2 N–H and O–H groups in total. The van der Waals surface area contributed by atoms with Crippen LogP contribution in [0.5, 0.6) is 5.75 Å². The number of phenols is 1. The van der Waals surface area contributed by atoms with E-state index in [1.165, 1.54) is 0 Å². The highest BCUT2D eigenvalue weighted by Crippen LogP contribution is 2.43. The predicted molar refractivity (Wildman–Crippen MR) is 103 cm³/mol. The Labute approximate surface area is 166 Å². The normalized spacial score (nSPS) is 22.3. The van der Waals surface area contributed by atoms with E-state index in [4.69, 9.17) is 28.3 Å². The Morgan fingerprint density at radius 2 is 2.00 bits per heavy atom. The van der Waals surface area contributed by atoms with E-state index in [0.717, 1.165) is 5.56 Å². The molecule has 2 aromatic rings. The van der Waals surface area contributed by atoms with Crippen LogP contribution in [0.1, 0.15) is 23.5 Å². The number of phenolic OH excluding ortho intramolecular Hbond substituents is 1. The molecule has 2 fully saturated rings. The summed E-state index contributed by atoms with van der Waals surface area (Å²) < 4.78 is 0. The van der Waals surface area contributed by atoms with Gasteiger partial charge in [-0.3, -0.25) is 4.79 Å². The molecule has 0 saturated carbocycles. The molecule has 142 valence electrons. The highest BCUT2D eigenvalue weighted by molar-refractivity contribution is 6.42. The van der Waals surface area contributed by atoms with Crippen LogP contribution in [0.25, 0.3) is 0 Å². The van der Waals surface area contributed by atoms with Crippen LogP contribution >= 0.6 is 23.2 Å². The van der Waals surface area contributed by atoms with Crippen molar-refractivity contribution in [3.63, 3.8) is 0 Å². The summed E-state index contributed by atoms with van der Waals surface area (Å²) in [5.41, 5.74) is 1.35. The molecule has 1 amide bonds. The van der Waals surface area contributed by atoms with E-state index < -0.39 is 0 Å². The molecule has 6 nitrogen and oxygen atoms in total. The fourth-order valence-electron chi connectivity index (χ4n) is 3.99. The molecule has 0 bridgehead atoms. The van der Waals surface area contributed by atoms with Gasteiger partial charge in [-0.2, -0.15) is 0 Å². The van der Waals surface area contributed by atoms with Crippen molar-refractivity contribution in [1.29, 1.82) is 0 Å². The molecule has 0 spiro atoms. The number of fused-ring (bicyclic) bond motifs is 1. The highest BCUT2D eigenvalue weighted by Gasteiger charge is 2.42. The Morgan fingerprint density at radius 3 is 2.70 bits per heavy atom. The zero-order chi connectivity index (χ0) is 19.1. The summed E-state index contributed by atoms with van der Waals surface area (Å²) in [6.45, 7) is 1.37. The lowest BCUT2D eigenvalue weighted by Gasteiger charge is -2.37. The summed E-state index contributed by atoms with van der Waals surface area (Å²) in [6.07, 6.45) is 2.32. The monoisotopic (exact) mass is 407 g/mol. The zero-order valence-electron chi connectivity index (χ0n) is 14.5. The maximum absolute atomic E-state index is 12.7. The van der Waals surface area contributed by atoms with Gasteiger partial charge in [-0.05, 0) is 30.2 Å². The number of aliphatic hydroxyl groups excluding tert-OH is 1. The van der Waals surface area contributed by atoms with Crippen LogP contribution in [0, 0.1) is 0 Å². The Bertz CT molecular complexity index is 875. The number of hydrogen-bond acceptors (Lipinski definition) is 5. The number of pyridine rings is 1. The summed E-state index contributed by atoms with van der Waals surface area (Å²) in [4.78, 5) is 20.9. The lowest BCUT2D eigenvalue weighted by atomic mass is 9.95. The summed E-state index contributed by atoms with van der Waals surface area (Å²) in [6, 6.07) is 6.76. The quantitative estimate of drug-likeness (QED) is 0.817. The number of piperazine rings is 1. The van der Waals surface area contributed by atoms with Crippen molar-refractivity contribution in [2.75, 3.05) is 24.5 Å². The molecular formula is C19H19Cl2N3O3. The van der Waals surface area contributed by atoms with E-state index in [1.807, 2.05) is 15.9 Å². The first-order chi connectivity index (χ1) is 13.0. The minimum atomic E-state index is -0.0613. The number of carbonyl (C=O) groups is 1. The second-order valence-electron chi connectivity index (χ2n) is 6.99. The standard InChI is InChI=1S/C19H19Cl2N3O3/c20-14-2-3-15(26)18(19(14)21)12-5-13-8-23(9-17(27)24(13)7-12)16-4-1-11(10-25)6-22-16/h1-4,6,12-13,25-26H,5,7-10H2/t12-,13-/m0/s1. The number of aromatic hydroxyl groups is 1. The maximum Gasteiger partial charge on any atom is 0.242 e. The van der Waals surface area contributed by atoms with Crippen LogP contribution in [0.15, 0.2) is 30.5 Å². The Hall–Kier alpha value is -2.02. The second kappa shape index (κ2) is 7.19. The van der Waals surface area contributed by atoms with Crippen LogP contribution in [0.2, 0.25) is 10.0 Å². The largest absolute Gasteiger partial charge is 0.508 e. The van der Waals surface area contributed by atoms with E-state index in [-0.39, 0.29) is 36.8 Å². The average Bonchev–Trinajstić information content (AvgIpc) is 3.09. The number of hydrogen-bond donors (Lipinski definition) is 2. The minimum absolute atomic E-state index is 0.0185. The number of halogens is 2. The van der Waals surface area contributed by atoms with Crippen molar-refractivity contribution >= 4 is 34.9 Å². The van der Waals surface area contributed by atoms with Gasteiger partial charge in [0, 0.05) is 36.8 Å². The van der Waals surface area contributed by atoms with Crippen LogP contribution in [0.4, 0.5) is 5.82 Å². The molecule has 2 aliphatic rings. The predicted octanol–water partition coefficient (Wildman–Crippen LogP) is 2.79. The molecule has 27 heavy (non-hydrogen) atoms. The minimum Gasteiger partial charge on any atom is -0.508 e. The molecule has 4 rings (SSSR count). The Balaban J connectivity index is 1.56. The molecule has 2 aliphatic heterocycles. The van der Waals surface area contributed by atoms with E-state index >= 15 is 0 Å². The molecule has 2 saturated heterocycles. The lowest BCUT2D eigenvalue weighted by molar-refractivity contribution is -0.132. The van der Waals surface area contributed by atoms with Gasteiger partial charge in [-0.1, -0.05) is 29.3 Å². The lowest BCUT2D eigenvalue weighted by Crippen LogP contribution is -2.54. The number of anilines is 1. The summed E-state index contributed by atoms with van der Waals surface area (Å²) >= 11 is 12.4. The van der Waals surface area contributed by atoms with Crippen molar-refractivity contribution in [2.45, 2.75) is 25.0 Å². The van der Waals surface area contributed by atoms with Crippen molar-refractivity contribution < 1.29 is 15.0 Å². The molecular weight excluding hydrogens is 389 g/mol. The number of amides is 1. The number of rotatable bonds is 3. The summed E-state index contributed by atoms with van der Waals surface area (Å²) in [5.74, 6) is 0.793. The third-order valence-electron chi connectivity index (χ3n) is 5.33. The fraction of sp³-hybridized carbons (Fsp3) is 0.368. The first kappa shape index (κ1) is 18.3. The molecule has 1 aromatic carbocycles. The summed E-state index contributed by atoms with van der Waals surface area (Å²) in [7, 11) is 0. The first-order valence-corrected chi connectivity index (χ1v) is 9.50. The van der Waals surface area contributed by atoms with Gasteiger partial charge < -0.3 is 20.0 Å². The van der Waals surface area contributed by atoms with Crippen molar-refractivity contribution in [3.8, 4) is 5.75 Å². The van der Waals surface area contributed by atoms with E-state index in [1.54, 1.807) is 24.4 Å². The van der Waals surface area contributed by atoms with E-state index in [0.29, 0.717) is 40.9 Å². The molecule has 8 heteroatoms. The highest BCUT2D eigenvalue weighted by atomic mass is 35.5. The SMILES string of the molecule is O=C1CN(c2ccc(CO)cn2)C[C@@H]2C[C@H](c3c(O)ccc(Cl)c3Cl)CN12. The van der Waals surface area contributed by atoms with Gasteiger partial charge in [-0.15, -0.1) is 0 Å². The van der Waals surface area contributed by atoms with Gasteiger partial charge in [0.05, 0.1) is 23.2 Å². The average molecular weight is 408 g/mol. The van der Waals surface area contributed by atoms with Crippen LogP contribution in [0.3, 0.4) is 0 Å². The van der Waals surface area contributed by atoms with E-state index in [9.17, 15) is 9.90 Å². The van der Waals surface area contributed by atoms with Gasteiger partial charge in [0.2, 0.25) is 5.91 Å². The topological polar surface area (TPSA) is 76.9 Å². The number of benzene rings is 1. The molecule has 2 atom stereocenters. The molecule has 1 aromatic heterocycles. The van der Waals surface area contributed by atoms with Crippen molar-refractivity contribution in [1.82, 2.24) is 9.88 Å². The second-order valence-corrected chi connectivity index (χ2v) is 7.78. The molecule has 0 aliphatic carbocycles. The number of carbonyl (C=O) groups excluding carboxylic acids is 1. The smallest absolute Gasteiger partial charge is 0.242 e. The van der Waals surface area contributed by atoms with Crippen LogP contribution in [-0.4, -0.2) is 51.7 Å². The number of nitrogens with zero attached hydrogens (tertiary/aromatic N) is 3. The Morgan fingerprint density at radius 1 is 1.19 bits per heavy atom. The third kappa shape index (κ3) is 3.33. The van der Waals surface area contributed by atoms with Gasteiger partial charge in [0.1, 0.15) is 11.6 Å². The van der Waals surface area contributed by atoms with Crippen LogP contribution in [-0.2, 0) is 11.4 Å². The molecule has 3 heterocycles. The summed E-state index contributed by atoms with van der Waals surface area (Å²) in [5, 5.41) is 20.2. The maximum atomic E-state index is 12.7. The molecule has 0 unspecified atom stereocenters. The fourth-order valence-corrected chi connectivity index (χ4v) is 4.47. The van der Waals surface area contributed by atoms with Crippen molar-refractivity contribution in [2.24, 2.45) is 0 Å². The van der Waals surface area contributed by atoms with Gasteiger partial charge in [0.25, 0.3) is 0 Å². The van der Waals surface area contributed by atoms with E-state index in [2.05, 4.69) is 4.98 Å². The molecule has 0 radical (unpaired) electrons. The van der Waals surface area contributed by atoms with Gasteiger partial charge in [0.15, 0.2) is 0 Å². The number of aromatic nitrogens is 1. The van der Waals surface area contributed by atoms with Gasteiger partial charge in [-0.25, -0.2) is 4.98 Å². The Kier molecular flexibility index (Phi) is 4.88. The first-order valence-electron chi connectivity index (χ1n) is 8.75. The van der Waals surface area contributed by atoms with Crippen molar-refractivity contribution in [3.05, 3.63) is 51.6 Å².